The van der Waals surface area contributed by atoms with E-state index in [9.17, 15) is 4.79 Å². The molecule has 0 unspecified atom stereocenters. The molecule has 0 aliphatic carbocycles. The Bertz CT molecular complexity index is 821. The minimum Gasteiger partial charge on any atom is -0.348 e. The Labute approximate surface area is 133 Å². The molecule has 0 saturated heterocycles. The van der Waals surface area contributed by atoms with Crippen LogP contribution in [0.4, 0.5) is 0 Å². The Morgan fingerprint density at radius 3 is 2.86 bits per heavy atom. The Morgan fingerprint density at radius 2 is 2.05 bits per heavy atom. The van der Waals surface area contributed by atoms with Crippen LogP contribution in [0.2, 0.25) is 5.02 Å². The summed E-state index contributed by atoms with van der Waals surface area (Å²) in [5.74, 6) is -0.152. The second kappa shape index (κ2) is 6.45. The van der Waals surface area contributed by atoms with Crippen molar-refractivity contribution in [3.05, 3.63) is 77.2 Å². The van der Waals surface area contributed by atoms with E-state index in [0.29, 0.717) is 11.6 Å². The third-order valence-corrected chi connectivity index (χ3v) is 3.48. The molecule has 2 heterocycles. The zero-order valence-corrected chi connectivity index (χ0v) is 12.5. The molecule has 22 heavy (non-hydrogen) atoms. The number of aromatic nitrogens is 2. The molecule has 0 fully saturated rings. The number of carbonyl (C=O) groups is 1. The van der Waals surface area contributed by atoms with E-state index in [4.69, 9.17) is 11.6 Å². The van der Waals surface area contributed by atoms with Crippen molar-refractivity contribution in [2.45, 2.75) is 6.54 Å². The van der Waals surface area contributed by atoms with E-state index in [1.807, 2.05) is 40.9 Å². The monoisotopic (exact) mass is 311 g/mol. The minimum absolute atomic E-state index is 0.152. The molecule has 0 radical (unpaired) electrons. The lowest BCUT2D eigenvalue weighted by Gasteiger charge is -2.02. The van der Waals surface area contributed by atoms with E-state index < -0.39 is 0 Å². The summed E-state index contributed by atoms with van der Waals surface area (Å²) in [4.78, 5) is 16.1. The van der Waals surface area contributed by atoms with Crippen LogP contribution in [0.3, 0.4) is 0 Å². The number of fused-ring (bicyclic) bond motifs is 1. The summed E-state index contributed by atoms with van der Waals surface area (Å²) >= 11 is 5.82. The van der Waals surface area contributed by atoms with Gasteiger partial charge < -0.3 is 9.72 Å². The highest BCUT2D eigenvalue weighted by Gasteiger charge is 2.00. The molecule has 0 saturated carbocycles. The second-order valence-corrected chi connectivity index (χ2v) is 5.23. The van der Waals surface area contributed by atoms with Crippen LogP contribution in [-0.4, -0.2) is 15.3 Å². The Kier molecular flexibility index (Phi) is 4.21. The number of pyridine rings is 1. The Hall–Kier alpha value is -2.59. The lowest BCUT2D eigenvalue weighted by molar-refractivity contribution is -0.116. The first-order chi connectivity index (χ1) is 10.7. The SMILES string of the molecule is O=C(/C=C/c1cnc2ccccn12)NCc1ccc(Cl)cc1. The van der Waals surface area contributed by atoms with Crippen molar-refractivity contribution < 1.29 is 4.79 Å². The van der Waals surface area contributed by atoms with Crippen LogP contribution < -0.4 is 5.32 Å². The fraction of sp³-hybridized carbons (Fsp3) is 0.0588. The van der Waals surface area contributed by atoms with Crippen molar-refractivity contribution in [2.24, 2.45) is 0 Å². The van der Waals surface area contributed by atoms with Gasteiger partial charge in [-0.3, -0.25) is 4.79 Å². The van der Waals surface area contributed by atoms with Crippen molar-refractivity contribution in [1.29, 1.82) is 0 Å². The van der Waals surface area contributed by atoms with Gasteiger partial charge in [0.1, 0.15) is 5.65 Å². The highest BCUT2D eigenvalue weighted by Crippen LogP contribution is 2.09. The summed E-state index contributed by atoms with van der Waals surface area (Å²) in [5.41, 5.74) is 2.71. The van der Waals surface area contributed by atoms with Crippen molar-refractivity contribution in [3.63, 3.8) is 0 Å². The number of carbonyl (C=O) groups excluding carboxylic acids is 1. The van der Waals surface area contributed by atoms with Crippen molar-refractivity contribution in [3.8, 4) is 0 Å². The van der Waals surface area contributed by atoms with E-state index in [0.717, 1.165) is 16.9 Å². The first-order valence-corrected chi connectivity index (χ1v) is 7.22. The Morgan fingerprint density at radius 1 is 1.23 bits per heavy atom. The van der Waals surface area contributed by atoms with Crippen molar-refractivity contribution in [2.75, 3.05) is 0 Å². The molecule has 5 heteroatoms. The predicted molar refractivity (Wildman–Crippen MR) is 87.5 cm³/mol. The molecule has 1 amide bonds. The number of rotatable bonds is 4. The van der Waals surface area contributed by atoms with Gasteiger partial charge in [-0.25, -0.2) is 4.98 Å². The molecule has 0 aliphatic heterocycles. The number of hydrogen-bond acceptors (Lipinski definition) is 2. The van der Waals surface area contributed by atoms with Gasteiger partial charge in [0.05, 0.1) is 11.9 Å². The zero-order valence-electron chi connectivity index (χ0n) is 11.7. The molecule has 1 N–H and O–H groups in total. The number of halogens is 1. The molecule has 3 rings (SSSR count). The summed E-state index contributed by atoms with van der Waals surface area (Å²) in [5, 5.41) is 3.51. The molecular formula is C17H14ClN3O. The molecule has 2 aromatic heterocycles. The highest BCUT2D eigenvalue weighted by molar-refractivity contribution is 6.30. The van der Waals surface area contributed by atoms with Gasteiger partial charge in [0, 0.05) is 23.8 Å². The molecule has 0 spiro atoms. The average molecular weight is 312 g/mol. The zero-order chi connectivity index (χ0) is 15.4. The molecule has 1 aromatic carbocycles. The van der Waals surface area contributed by atoms with E-state index in [1.54, 1.807) is 24.4 Å². The van der Waals surface area contributed by atoms with Gasteiger partial charge in [-0.1, -0.05) is 29.8 Å². The maximum absolute atomic E-state index is 11.9. The van der Waals surface area contributed by atoms with E-state index in [1.165, 1.54) is 6.08 Å². The highest BCUT2D eigenvalue weighted by atomic mass is 35.5. The number of amides is 1. The molecule has 110 valence electrons. The summed E-state index contributed by atoms with van der Waals surface area (Å²) in [6.45, 7) is 0.466. The summed E-state index contributed by atoms with van der Waals surface area (Å²) in [7, 11) is 0. The average Bonchev–Trinajstić information content (AvgIpc) is 2.96. The van der Waals surface area contributed by atoms with Gasteiger partial charge in [0.15, 0.2) is 0 Å². The van der Waals surface area contributed by atoms with Gasteiger partial charge in [-0.2, -0.15) is 0 Å². The molecule has 0 aliphatic rings. The number of benzene rings is 1. The third kappa shape index (κ3) is 3.35. The lowest BCUT2D eigenvalue weighted by atomic mass is 10.2. The van der Waals surface area contributed by atoms with Crippen molar-refractivity contribution >= 4 is 29.2 Å². The maximum atomic E-state index is 11.9. The lowest BCUT2D eigenvalue weighted by Crippen LogP contribution is -2.20. The van der Waals surface area contributed by atoms with Gasteiger partial charge in [-0.05, 0) is 35.9 Å². The van der Waals surface area contributed by atoms with Crippen LogP contribution in [0.15, 0.2) is 60.9 Å². The summed E-state index contributed by atoms with van der Waals surface area (Å²) in [6, 6.07) is 13.1. The number of nitrogens with zero attached hydrogens (tertiary/aromatic N) is 2. The van der Waals surface area contributed by atoms with Crippen LogP contribution in [0.5, 0.6) is 0 Å². The molecule has 0 atom stereocenters. The first-order valence-electron chi connectivity index (χ1n) is 6.85. The smallest absolute Gasteiger partial charge is 0.244 e. The largest absolute Gasteiger partial charge is 0.348 e. The fourth-order valence-electron chi connectivity index (χ4n) is 2.09. The quantitative estimate of drug-likeness (QED) is 0.751. The van der Waals surface area contributed by atoms with E-state index in [2.05, 4.69) is 10.3 Å². The maximum Gasteiger partial charge on any atom is 0.244 e. The second-order valence-electron chi connectivity index (χ2n) is 4.79. The third-order valence-electron chi connectivity index (χ3n) is 3.23. The molecule has 4 nitrogen and oxygen atoms in total. The fourth-order valence-corrected chi connectivity index (χ4v) is 2.21. The normalized spacial score (nSPS) is 11.1. The molecule has 3 aromatic rings. The van der Waals surface area contributed by atoms with Gasteiger partial charge >= 0.3 is 0 Å². The van der Waals surface area contributed by atoms with Gasteiger partial charge in [-0.15, -0.1) is 0 Å². The summed E-state index contributed by atoms with van der Waals surface area (Å²) < 4.78 is 1.92. The van der Waals surface area contributed by atoms with E-state index in [-0.39, 0.29) is 5.91 Å². The predicted octanol–water partition coefficient (Wildman–Crippen LogP) is 3.32. The first kappa shape index (κ1) is 14.4. The van der Waals surface area contributed by atoms with Crippen LogP contribution >= 0.6 is 11.6 Å². The van der Waals surface area contributed by atoms with Gasteiger partial charge in [0.25, 0.3) is 0 Å². The molecular weight excluding hydrogens is 298 g/mol. The van der Waals surface area contributed by atoms with Crippen LogP contribution in [-0.2, 0) is 11.3 Å². The van der Waals surface area contributed by atoms with Crippen LogP contribution in [0.25, 0.3) is 11.7 Å². The van der Waals surface area contributed by atoms with Gasteiger partial charge in [0.2, 0.25) is 5.91 Å². The van der Waals surface area contributed by atoms with Crippen LogP contribution in [0.1, 0.15) is 11.3 Å². The molecule has 0 bridgehead atoms. The minimum atomic E-state index is -0.152. The summed E-state index contributed by atoms with van der Waals surface area (Å²) in [6.07, 6.45) is 6.90. The van der Waals surface area contributed by atoms with Crippen molar-refractivity contribution in [1.82, 2.24) is 14.7 Å². The Balaban J connectivity index is 1.62. The topological polar surface area (TPSA) is 46.4 Å². The number of hydrogen-bond donors (Lipinski definition) is 1. The standard InChI is InChI=1S/C17H14ClN3O/c18-14-6-4-13(5-7-14)11-20-17(22)9-8-15-12-19-16-3-1-2-10-21(15)16/h1-10,12H,11H2,(H,20,22)/b9-8+. The number of imidazole rings is 1. The van der Waals surface area contributed by atoms with Crippen LogP contribution in [0, 0.1) is 0 Å². The van der Waals surface area contributed by atoms with E-state index >= 15 is 0 Å². The number of nitrogens with one attached hydrogen (secondary N) is 1.